The van der Waals surface area contributed by atoms with Gasteiger partial charge in [-0.15, -0.1) is 0 Å². The number of benzene rings is 4. The third-order valence-electron chi connectivity index (χ3n) is 11.0. The number of carbonyl (C=O) groups excluding carboxylic acids is 4. The third-order valence-corrected chi connectivity index (χ3v) is 11.0. The number of halogens is 3. The summed E-state index contributed by atoms with van der Waals surface area (Å²) in [4.78, 5) is 60.5. The van der Waals surface area contributed by atoms with E-state index in [1.807, 2.05) is 60.7 Å². The first-order valence-electron chi connectivity index (χ1n) is 19.3. The molecule has 312 valence electrons. The van der Waals surface area contributed by atoms with Crippen LogP contribution in [0.2, 0.25) is 0 Å². The molecule has 4 fully saturated rings. The Morgan fingerprint density at radius 3 is 2.25 bits per heavy atom. The van der Waals surface area contributed by atoms with Gasteiger partial charge in [0.05, 0.1) is 13.2 Å². The Balaban J connectivity index is 1.12. The van der Waals surface area contributed by atoms with Crippen molar-refractivity contribution in [3.8, 4) is 0 Å². The molecule has 6 atom stereocenters. The van der Waals surface area contributed by atoms with Crippen LogP contribution in [0.15, 0.2) is 115 Å². The first kappa shape index (κ1) is 40.9. The number of carbonyl (C=O) groups is 4. The molecule has 2 bridgehead atoms. The molecule has 3 N–H and O–H groups in total. The van der Waals surface area contributed by atoms with Gasteiger partial charge in [0.25, 0.3) is 5.91 Å². The van der Waals surface area contributed by atoms with E-state index in [1.165, 1.54) is 11.1 Å². The van der Waals surface area contributed by atoms with Crippen LogP contribution in [0, 0.1) is 5.41 Å². The molecule has 0 radical (unpaired) electrons. The zero-order valence-electron chi connectivity index (χ0n) is 31.9. The SMILES string of the molecule is O=C(C=Cc1cccc(CN2OC3C4OC(c5ccccc5)(c5ccccc5)OC4C4CC3(C(=O)NCc3cccc(C(=O)NCCO)c3)C2C(=O)O4)c1)OCC(F)(F)F. The maximum absolute atomic E-state index is 14.9. The molecule has 2 amide bonds. The molecule has 4 aromatic rings. The van der Waals surface area contributed by atoms with Gasteiger partial charge in [0, 0.05) is 42.3 Å². The Morgan fingerprint density at radius 2 is 1.55 bits per heavy atom. The summed E-state index contributed by atoms with van der Waals surface area (Å²) in [7, 11) is 0. The summed E-state index contributed by atoms with van der Waals surface area (Å²) < 4.78 is 62.0. The highest BCUT2D eigenvalue weighted by molar-refractivity contribution is 5.95. The number of fused-ring (bicyclic) bond motifs is 4. The topological polar surface area (TPSA) is 162 Å². The van der Waals surface area contributed by atoms with Gasteiger partial charge in [0.2, 0.25) is 11.7 Å². The molecule has 3 saturated heterocycles. The van der Waals surface area contributed by atoms with E-state index >= 15 is 0 Å². The summed E-state index contributed by atoms with van der Waals surface area (Å²) in [5.74, 6) is -4.26. The van der Waals surface area contributed by atoms with E-state index in [9.17, 15) is 32.3 Å². The Hall–Kier alpha value is -5.91. The predicted molar refractivity (Wildman–Crippen MR) is 205 cm³/mol. The second-order valence-electron chi connectivity index (χ2n) is 14.9. The predicted octanol–water partition coefficient (Wildman–Crippen LogP) is 4.33. The van der Waals surface area contributed by atoms with E-state index in [-0.39, 0.29) is 32.7 Å². The normalized spacial score (nSPS) is 25.3. The lowest BCUT2D eigenvalue weighted by atomic mass is 9.62. The van der Waals surface area contributed by atoms with Gasteiger partial charge in [0.1, 0.15) is 29.8 Å². The molecule has 1 saturated carbocycles. The van der Waals surface area contributed by atoms with Crippen LogP contribution in [-0.4, -0.2) is 90.3 Å². The Bertz CT molecular complexity index is 2240. The summed E-state index contributed by atoms with van der Waals surface area (Å²) in [6.07, 6.45) is -6.26. The number of amides is 2. The second-order valence-corrected chi connectivity index (χ2v) is 14.9. The van der Waals surface area contributed by atoms with Crippen molar-refractivity contribution in [3.63, 3.8) is 0 Å². The smallest absolute Gasteiger partial charge is 0.422 e. The minimum Gasteiger partial charge on any atom is -0.458 e. The Morgan fingerprint density at radius 1 is 0.867 bits per heavy atom. The number of esters is 2. The van der Waals surface area contributed by atoms with Gasteiger partial charge in [-0.05, 0) is 34.9 Å². The maximum Gasteiger partial charge on any atom is 0.422 e. The molecular weight excluding hydrogens is 787 g/mol. The lowest BCUT2D eigenvalue weighted by Gasteiger charge is -2.48. The van der Waals surface area contributed by atoms with Crippen molar-refractivity contribution in [1.29, 1.82) is 0 Å². The summed E-state index contributed by atoms with van der Waals surface area (Å²) in [5.41, 5.74) is 1.73. The average Bonchev–Trinajstić information content (AvgIpc) is 3.83. The highest BCUT2D eigenvalue weighted by Crippen LogP contribution is 2.59. The van der Waals surface area contributed by atoms with Crippen molar-refractivity contribution < 1.29 is 61.2 Å². The average molecular weight is 828 g/mol. The van der Waals surface area contributed by atoms with Crippen molar-refractivity contribution in [2.24, 2.45) is 5.41 Å². The van der Waals surface area contributed by atoms with Gasteiger partial charge >= 0.3 is 18.1 Å². The number of alkyl halides is 3. The van der Waals surface area contributed by atoms with Crippen molar-refractivity contribution >= 4 is 29.8 Å². The van der Waals surface area contributed by atoms with Crippen LogP contribution in [0.3, 0.4) is 0 Å². The van der Waals surface area contributed by atoms with Crippen LogP contribution in [0.5, 0.6) is 0 Å². The fraction of sp³-hybridized carbons (Fsp3) is 0.318. The molecule has 3 aliphatic heterocycles. The lowest BCUT2D eigenvalue weighted by Crippen LogP contribution is -2.69. The van der Waals surface area contributed by atoms with E-state index in [0.29, 0.717) is 33.4 Å². The lowest BCUT2D eigenvalue weighted by molar-refractivity contribution is -0.213. The van der Waals surface area contributed by atoms with E-state index in [2.05, 4.69) is 15.4 Å². The molecule has 8 rings (SSSR count). The molecule has 16 heteroatoms. The largest absolute Gasteiger partial charge is 0.458 e. The van der Waals surface area contributed by atoms with Crippen LogP contribution in [0.25, 0.3) is 6.08 Å². The third kappa shape index (κ3) is 7.91. The monoisotopic (exact) mass is 827 g/mol. The molecular formula is C44H40F3N3O10. The van der Waals surface area contributed by atoms with Gasteiger partial charge in [0.15, 0.2) is 12.6 Å². The minimum absolute atomic E-state index is 0.00986. The number of nitrogens with one attached hydrogen (secondary N) is 2. The molecule has 60 heavy (non-hydrogen) atoms. The quantitative estimate of drug-likeness (QED) is 0.130. The number of hydrogen-bond acceptors (Lipinski definition) is 11. The molecule has 6 unspecified atom stereocenters. The zero-order valence-corrected chi connectivity index (χ0v) is 31.9. The first-order chi connectivity index (χ1) is 28.9. The molecule has 4 aromatic carbocycles. The summed E-state index contributed by atoms with van der Waals surface area (Å²) in [6, 6.07) is 30.7. The molecule has 0 aromatic heterocycles. The highest BCUT2D eigenvalue weighted by atomic mass is 19.4. The highest BCUT2D eigenvalue weighted by Gasteiger charge is 2.76. The molecule has 13 nitrogen and oxygen atoms in total. The van der Waals surface area contributed by atoms with Gasteiger partial charge in [-0.2, -0.15) is 18.2 Å². The molecule has 1 aliphatic carbocycles. The van der Waals surface area contributed by atoms with Crippen LogP contribution < -0.4 is 10.6 Å². The van der Waals surface area contributed by atoms with Gasteiger partial charge in [-0.1, -0.05) is 97.1 Å². The van der Waals surface area contributed by atoms with Gasteiger partial charge in [-0.25, -0.2) is 4.79 Å². The number of hydrogen-bond donors (Lipinski definition) is 3. The van der Waals surface area contributed by atoms with Crippen LogP contribution in [0.1, 0.15) is 44.6 Å². The van der Waals surface area contributed by atoms with E-state index < -0.39 is 78.2 Å². The van der Waals surface area contributed by atoms with Gasteiger partial charge in [-0.3, -0.25) is 19.2 Å². The minimum atomic E-state index is -4.67. The number of ether oxygens (including phenoxy) is 4. The van der Waals surface area contributed by atoms with E-state index in [0.717, 1.165) is 6.08 Å². The number of aliphatic hydroxyl groups is 1. The standard InChI is InChI=1S/C44H40F3N3O10/c45-43(46,47)26-56-34(52)18-17-27-9-7-11-29(21-27)25-50-37-40(54)57-33-23-42(37,41(55)49-24-28-10-8-12-30(22-28)39(53)48-19-20-51)38(60-50)36-35(33)58-44(59-36,31-13-3-1-4-14-31)32-15-5-2-6-16-32/h1-18,21-22,33,35-38,51H,19-20,23-26H2,(H,48,53)(H,49,55). The summed E-state index contributed by atoms with van der Waals surface area (Å²) in [6.45, 7) is -1.94. The zero-order chi connectivity index (χ0) is 42.1. The Kier molecular flexibility index (Phi) is 11.3. The van der Waals surface area contributed by atoms with Crippen LogP contribution >= 0.6 is 0 Å². The van der Waals surface area contributed by atoms with E-state index in [1.54, 1.807) is 48.5 Å². The van der Waals surface area contributed by atoms with Gasteiger partial charge < -0.3 is 34.7 Å². The summed E-state index contributed by atoms with van der Waals surface area (Å²) in [5, 5.41) is 16.2. The van der Waals surface area contributed by atoms with Crippen molar-refractivity contribution in [1.82, 2.24) is 15.7 Å². The first-order valence-corrected chi connectivity index (χ1v) is 19.3. The molecule has 3 heterocycles. The van der Waals surface area contributed by atoms with Crippen molar-refractivity contribution in [3.05, 3.63) is 149 Å². The Labute approximate surface area is 342 Å². The number of hydroxylamine groups is 2. The number of rotatable bonds is 13. The van der Waals surface area contributed by atoms with Crippen molar-refractivity contribution in [2.45, 2.75) is 61.9 Å². The number of nitrogens with zero attached hydrogens (tertiary/aromatic N) is 1. The second kappa shape index (κ2) is 16.6. The molecule has 0 spiro atoms. The summed E-state index contributed by atoms with van der Waals surface area (Å²) >= 11 is 0. The number of aliphatic hydroxyl groups excluding tert-OH is 1. The van der Waals surface area contributed by atoms with Crippen LogP contribution in [0.4, 0.5) is 13.2 Å². The maximum atomic E-state index is 14.9. The van der Waals surface area contributed by atoms with Crippen molar-refractivity contribution in [2.75, 3.05) is 19.8 Å². The molecule has 4 aliphatic rings. The van der Waals surface area contributed by atoms with E-state index in [4.69, 9.17) is 24.2 Å². The fourth-order valence-corrected chi connectivity index (χ4v) is 8.47. The van der Waals surface area contributed by atoms with Crippen LogP contribution in [-0.2, 0) is 57.0 Å². The fourth-order valence-electron chi connectivity index (χ4n) is 8.47.